The topological polar surface area (TPSA) is 64.1 Å². The second-order valence-corrected chi connectivity index (χ2v) is 7.13. The van der Waals surface area contributed by atoms with Crippen molar-refractivity contribution >= 4 is 6.09 Å². The number of piperazine rings is 1. The molecule has 1 aromatic carbocycles. The summed E-state index contributed by atoms with van der Waals surface area (Å²) in [4.78, 5) is 20.0. The molecular formula is C20H21N3O4. The highest BCUT2D eigenvalue weighted by Crippen LogP contribution is 2.34. The van der Waals surface area contributed by atoms with E-state index in [0.717, 1.165) is 31.7 Å². The Morgan fingerprint density at radius 1 is 1.07 bits per heavy atom. The van der Waals surface area contributed by atoms with E-state index >= 15 is 0 Å². The molecule has 1 amide bonds. The molecule has 27 heavy (non-hydrogen) atoms. The molecule has 2 saturated heterocycles. The van der Waals surface area contributed by atoms with Crippen LogP contribution in [0.2, 0.25) is 0 Å². The molecule has 3 aliphatic heterocycles. The van der Waals surface area contributed by atoms with Crippen LogP contribution < -0.4 is 9.47 Å². The zero-order valence-electron chi connectivity index (χ0n) is 14.9. The van der Waals surface area contributed by atoms with Crippen molar-refractivity contribution in [3.05, 3.63) is 53.7 Å². The fourth-order valence-electron chi connectivity index (χ4n) is 3.87. The average Bonchev–Trinajstić information content (AvgIpc) is 3.08. The minimum absolute atomic E-state index is 0.147. The van der Waals surface area contributed by atoms with Crippen LogP contribution in [0.4, 0.5) is 4.79 Å². The largest absolute Gasteiger partial charge is 0.484 e. The maximum atomic E-state index is 11.6. The Balaban J connectivity index is 1.22. The van der Waals surface area contributed by atoms with E-state index in [-0.39, 0.29) is 18.2 Å². The highest BCUT2D eigenvalue weighted by atomic mass is 16.6. The predicted molar refractivity (Wildman–Crippen MR) is 96.7 cm³/mol. The van der Waals surface area contributed by atoms with Gasteiger partial charge in [-0.15, -0.1) is 0 Å². The van der Waals surface area contributed by atoms with Gasteiger partial charge in [0.25, 0.3) is 5.88 Å². The van der Waals surface area contributed by atoms with Crippen molar-refractivity contribution < 1.29 is 19.0 Å². The van der Waals surface area contributed by atoms with E-state index in [4.69, 9.17) is 14.2 Å². The zero-order chi connectivity index (χ0) is 18.2. The van der Waals surface area contributed by atoms with E-state index in [0.29, 0.717) is 24.8 Å². The Kier molecular flexibility index (Phi) is 4.09. The summed E-state index contributed by atoms with van der Waals surface area (Å²) in [6.45, 7) is 4.32. The first kappa shape index (κ1) is 16.4. The third kappa shape index (κ3) is 3.19. The molecule has 2 atom stereocenters. The Bertz CT molecular complexity index is 841. The Labute approximate surface area is 157 Å². The van der Waals surface area contributed by atoms with E-state index in [1.165, 1.54) is 5.56 Å². The maximum absolute atomic E-state index is 11.6. The average molecular weight is 367 g/mol. The van der Waals surface area contributed by atoms with Crippen LogP contribution >= 0.6 is 0 Å². The van der Waals surface area contributed by atoms with Crippen molar-refractivity contribution in [3.63, 3.8) is 0 Å². The Morgan fingerprint density at radius 2 is 1.96 bits per heavy atom. The van der Waals surface area contributed by atoms with Gasteiger partial charge >= 0.3 is 6.09 Å². The highest BCUT2D eigenvalue weighted by molar-refractivity contribution is 5.70. The first-order valence-corrected chi connectivity index (χ1v) is 9.25. The Hall–Kier alpha value is -2.80. The van der Waals surface area contributed by atoms with Gasteiger partial charge in [0.1, 0.15) is 13.2 Å². The summed E-state index contributed by atoms with van der Waals surface area (Å²) in [7, 11) is 0. The summed E-state index contributed by atoms with van der Waals surface area (Å²) in [5.74, 6) is 1.24. The van der Waals surface area contributed by atoms with Gasteiger partial charge in [0.05, 0.1) is 6.04 Å². The summed E-state index contributed by atoms with van der Waals surface area (Å²) in [6.07, 6.45) is 1.39. The number of carbonyl (C=O) groups is 1. The standard InChI is InChI=1S/C20H21N3O4/c24-20-23-9-8-22(11-16(23)12-26-20)10-14-3-5-15(6-4-14)18-13-25-17-2-1-7-21-19(17)27-18/h1-7,16,18H,8-13H2/t16?,18-/m1/s1. The summed E-state index contributed by atoms with van der Waals surface area (Å²) >= 11 is 0. The molecule has 7 heteroatoms. The fourth-order valence-corrected chi connectivity index (χ4v) is 3.87. The number of amides is 1. The third-order valence-corrected chi connectivity index (χ3v) is 5.34. The lowest BCUT2D eigenvalue weighted by molar-refractivity contribution is 0.0850. The number of rotatable bonds is 3. The predicted octanol–water partition coefficient (Wildman–Crippen LogP) is 2.23. The number of benzene rings is 1. The lowest BCUT2D eigenvalue weighted by atomic mass is 10.1. The molecule has 0 radical (unpaired) electrons. The van der Waals surface area contributed by atoms with Gasteiger partial charge in [-0.05, 0) is 23.3 Å². The highest BCUT2D eigenvalue weighted by Gasteiger charge is 2.37. The van der Waals surface area contributed by atoms with Gasteiger partial charge in [-0.1, -0.05) is 24.3 Å². The second-order valence-electron chi connectivity index (χ2n) is 7.13. The van der Waals surface area contributed by atoms with Gasteiger partial charge in [-0.3, -0.25) is 9.80 Å². The lowest BCUT2D eigenvalue weighted by Gasteiger charge is -2.35. The number of hydrogen-bond acceptors (Lipinski definition) is 6. The van der Waals surface area contributed by atoms with Crippen molar-refractivity contribution in [1.82, 2.24) is 14.8 Å². The number of pyridine rings is 1. The summed E-state index contributed by atoms with van der Waals surface area (Å²) in [5.41, 5.74) is 2.32. The van der Waals surface area contributed by atoms with Crippen molar-refractivity contribution in [2.75, 3.05) is 32.8 Å². The first-order chi connectivity index (χ1) is 13.3. The molecule has 2 aromatic rings. The number of cyclic esters (lactones) is 1. The molecule has 7 nitrogen and oxygen atoms in total. The molecule has 0 bridgehead atoms. The van der Waals surface area contributed by atoms with Crippen LogP contribution in [0.25, 0.3) is 0 Å². The van der Waals surface area contributed by atoms with Crippen LogP contribution in [-0.2, 0) is 11.3 Å². The zero-order valence-corrected chi connectivity index (χ0v) is 14.9. The van der Waals surface area contributed by atoms with E-state index in [1.54, 1.807) is 6.20 Å². The minimum atomic E-state index is -0.172. The van der Waals surface area contributed by atoms with Crippen molar-refractivity contribution in [2.24, 2.45) is 0 Å². The van der Waals surface area contributed by atoms with Gasteiger partial charge in [-0.25, -0.2) is 9.78 Å². The smallest absolute Gasteiger partial charge is 0.410 e. The van der Waals surface area contributed by atoms with E-state index in [9.17, 15) is 4.79 Å². The quantitative estimate of drug-likeness (QED) is 0.829. The number of aromatic nitrogens is 1. The van der Waals surface area contributed by atoms with Crippen molar-refractivity contribution in [1.29, 1.82) is 0 Å². The summed E-state index contributed by atoms with van der Waals surface area (Å²) < 4.78 is 16.9. The number of ether oxygens (including phenoxy) is 3. The first-order valence-electron chi connectivity index (χ1n) is 9.25. The third-order valence-electron chi connectivity index (χ3n) is 5.34. The summed E-state index contributed by atoms with van der Waals surface area (Å²) in [6, 6.07) is 12.3. The molecule has 1 aromatic heterocycles. The van der Waals surface area contributed by atoms with Gasteiger partial charge in [0.2, 0.25) is 0 Å². The molecule has 0 N–H and O–H groups in total. The van der Waals surface area contributed by atoms with E-state index < -0.39 is 0 Å². The van der Waals surface area contributed by atoms with Crippen molar-refractivity contribution in [3.8, 4) is 11.6 Å². The van der Waals surface area contributed by atoms with Crippen LogP contribution in [0.3, 0.4) is 0 Å². The molecule has 3 aliphatic rings. The van der Waals surface area contributed by atoms with Crippen LogP contribution in [0, 0.1) is 0 Å². The molecule has 0 aliphatic carbocycles. The molecule has 5 rings (SSSR count). The maximum Gasteiger partial charge on any atom is 0.410 e. The Morgan fingerprint density at radius 3 is 2.85 bits per heavy atom. The normalized spacial score (nSPS) is 24.4. The molecule has 140 valence electrons. The number of nitrogens with zero attached hydrogens (tertiary/aromatic N) is 3. The lowest BCUT2D eigenvalue weighted by Crippen LogP contribution is -2.51. The van der Waals surface area contributed by atoms with Crippen LogP contribution in [0.5, 0.6) is 11.6 Å². The molecule has 1 unspecified atom stereocenters. The van der Waals surface area contributed by atoms with Gasteiger partial charge < -0.3 is 14.2 Å². The molecule has 4 heterocycles. The number of hydrogen-bond donors (Lipinski definition) is 0. The van der Waals surface area contributed by atoms with E-state index in [1.807, 2.05) is 17.0 Å². The monoisotopic (exact) mass is 367 g/mol. The van der Waals surface area contributed by atoms with Gasteiger partial charge in [0.15, 0.2) is 11.9 Å². The van der Waals surface area contributed by atoms with Gasteiger partial charge in [0, 0.05) is 32.4 Å². The molecular weight excluding hydrogens is 346 g/mol. The van der Waals surface area contributed by atoms with Crippen LogP contribution in [-0.4, -0.2) is 59.8 Å². The van der Waals surface area contributed by atoms with Crippen LogP contribution in [0.1, 0.15) is 17.2 Å². The molecule has 0 saturated carbocycles. The number of fused-ring (bicyclic) bond motifs is 2. The molecule has 0 spiro atoms. The van der Waals surface area contributed by atoms with Crippen molar-refractivity contribution in [2.45, 2.75) is 18.7 Å². The van der Waals surface area contributed by atoms with E-state index in [2.05, 4.69) is 34.1 Å². The SMILES string of the molecule is O=C1OCC2CN(Cc3ccc([C@H]4COc5cccnc5O4)cc3)CCN12. The number of carbonyl (C=O) groups excluding carboxylic acids is 1. The second kappa shape index (κ2) is 6.74. The molecule has 2 fully saturated rings. The fraction of sp³-hybridized carbons (Fsp3) is 0.400. The minimum Gasteiger partial charge on any atom is -0.484 e. The summed E-state index contributed by atoms with van der Waals surface area (Å²) in [5, 5.41) is 0. The van der Waals surface area contributed by atoms with Crippen LogP contribution in [0.15, 0.2) is 42.6 Å². The van der Waals surface area contributed by atoms with Gasteiger partial charge in [-0.2, -0.15) is 0 Å².